The Morgan fingerprint density at radius 2 is 2.29 bits per heavy atom. The minimum atomic E-state index is -4.45. The van der Waals surface area contributed by atoms with E-state index in [2.05, 4.69) is 4.98 Å². The van der Waals surface area contributed by atoms with E-state index in [0.29, 0.717) is 31.0 Å². The van der Waals surface area contributed by atoms with Gasteiger partial charge < -0.3 is 9.84 Å². The summed E-state index contributed by atoms with van der Waals surface area (Å²) < 4.78 is 42.5. The van der Waals surface area contributed by atoms with Crippen molar-refractivity contribution in [2.75, 3.05) is 13.2 Å². The first-order valence-electron chi connectivity index (χ1n) is 5.17. The van der Waals surface area contributed by atoms with Crippen molar-refractivity contribution in [2.45, 2.75) is 25.1 Å². The zero-order valence-electron chi connectivity index (χ0n) is 9.12. The first-order valence-corrected chi connectivity index (χ1v) is 5.99. The molecule has 7 heteroatoms. The van der Waals surface area contributed by atoms with Crippen LogP contribution in [0.15, 0.2) is 6.20 Å². The molecule has 1 fully saturated rings. The van der Waals surface area contributed by atoms with E-state index in [4.69, 9.17) is 4.74 Å². The third-order valence-electron chi connectivity index (χ3n) is 2.99. The highest BCUT2D eigenvalue weighted by Gasteiger charge is 2.42. The Balaban J connectivity index is 2.30. The molecule has 0 radical (unpaired) electrons. The molecular weight excluding hydrogens is 255 g/mol. The van der Waals surface area contributed by atoms with Crippen LogP contribution >= 0.6 is 11.3 Å². The van der Waals surface area contributed by atoms with E-state index in [-0.39, 0.29) is 10.8 Å². The molecule has 17 heavy (non-hydrogen) atoms. The number of aliphatic hydroxyl groups is 1. The number of alkyl halides is 3. The van der Waals surface area contributed by atoms with Crippen LogP contribution < -0.4 is 0 Å². The Morgan fingerprint density at radius 3 is 2.82 bits per heavy atom. The Kier molecular flexibility index (Phi) is 3.17. The molecule has 1 aliphatic rings. The van der Waals surface area contributed by atoms with Gasteiger partial charge in [0.1, 0.15) is 5.60 Å². The van der Waals surface area contributed by atoms with Gasteiger partial charge in [-0.2, -0.15) is 13.2 Å². The Bertz CT molecular complexity index is 407. The topological polar surface area (TPSA) is 42.4 Å². The van der Waals surface area contributed by atoms with Crippen LogP contribution in [-0.4, -0.2) is 23.3 Å². The van der Waals surface area contributed by atoms with Crippen molar-refractivity contribution in [3.63, 3.8) is 0 Å². The monoisotopic (exact) mass is 267 g/mol. The largest absolute Gasteiger partial charge is 0.443 e. The number of halogens is 3. The predicted molar refractivity (Wildman–Crippen MR) is 55.6 cm³/mol. The minimum Gasteiger partial charge on any atom is -0.384 e. The summed E-state index contributed by atoms with van der Waals surface area (Å²) in [6.07, 6.45) is -3.03. The first kappa shape index (κ1) is 12.8. The van der Waals surface area contributed by atoms with Crippen molar-refractivity contribution in [1.29, 1.82) is 0 Å². The molecule has 0 aromatic carbocycles. The highest BCUT2D eigenvalue weighted by Crippen LogP contribution is 2.42. The maximum atomic E-state index is 12.4. The second kappa shape index (κ2) is 4.22. The number of rotatable bonds is 1. The van der Waals surface area contributed by atoms with Gasteiger partial charge in [-0.15, -0.1) is 11.3 Å². The van der Waals surface area contributed by atoms with Crippen LogP contribution in [0.2, 0.25) is 0 Å². The van der Waals surface area contributed by atoms with Crippen LogP contribution in [0, 0.1) is 5.92 Å². The Labute approximate surface area is 100 Å². The molecule has 0 amide bonds. The third kappa shape index (κ3) is 2.31. The second-order valence-corrected chi connectivity index (χ2v) is 5.21. The fraction of sp³-hybridized carbons (Fsp3) is 0.700. The van der Waals surface area contributed by atoms with Crippen LogP contribution in [0.4, 0.5) is 13.2 Å². The molecular formula is C10H12F3NO2S. The lowest BCUT2D eigenvalue weighted by atomic mass is 9.84. The van der Waals surface area contributed by atoms with E-state index in [0.717, 1.165) is 6.20 Å². The minimum absolute atomic E-state index is 0.238. The predicted octanol–water partition coefficient (Wildman–Crippen LogP) is 2.41. The van der Waals surface area contributed by atoms with Crippen LogP contribution in [0.5, 0.6) is 0 Å². The molecule has 1 saturated heterocycles. The Morgan fingerprint density at radius 1 is 1.59 bits per heavy atom. The summed E-state index contributed by atoms with van der Waals surface area (Å²) in [6, 6.07) is 0. The molecule has 2 heterocycles. The van der Waals surface area contributed by atoms with Gasteiger partial charge >= 0.3 is 6.18 Å². The summed E-state index contributed by atoms with van der Waals surface area (Å²) in [5.74, 6) is -0.238. The van der Waals surface area contributed by atoms with Gasteiger partial charge in [0.15, 0.2) is 5.01 Å². The molecule has 2 unspecified atom stereocenters. The summed E-state index contributed by atoms with van der Waals surface area (Å²) >= 11 is 0.507. The van der Waals surface area contributed by atoms with Crippen molar-refractivity contribution in [2.24, 2.45) is 5.92 Å². The SMILES string of the molecule is CC1COCCC1(O)c1cnc(C(F)(F)F)s1. The van der Waals surface area contributed by atoms with Gasteiger partial charge in [-0.3, -0.25) is 0 Å². The standard InChI is InChI=1S/C10H12F3NO2S/c1-6-5-16-3-2-9(6,15)7-4-14-8(17-7)10(11,12)13/h4,6,15H,2-3,5H2,1H3. The maximum absolute atomic E-state index is 12.4. The zero-order chi connectivity index (χ0) is 12.7. The molecule has 0 saturated carbocycles. The molecule has 96 valence electrons. The summed E-state index contributed by atoms with van der Waals surface area (Å²) in [5.41, 5.74) is -1.25. The molecule has 1 N–H and O–H groups in total. The number of hydrogen-bond acceptors (Lipinski definition) is 4. The lowest BCUT2D eigenvalue weighted by Crippen LogP contribution is -2.40. The summed E-state index contributed by atoms with van der Waals surface area (Å²) in [5, 5.41) is 9.50. The summed E-state index contributed by atoms with van der Waals surface area (Å²) in [7, 11) is 0. The highest BCUT2D eigenvalue weighted by molar-refractivity contribution is 7.11. The number of nitrogens with zero attached hydrogens (tertiary/aromatic N) is 1. The fourth-order valence-corrected chi connectivity index (χ4v) is 2.86. The number of ether oxygens (including phenoxy) is 1. The van der Waals surface area contributed by atoms with E-state index in [9.17, 15) is 18.3 Å². The second-order valence-electron chi connectivity index (χ2n) is 4.18. The molecule has 0 spiro atoms. The van der Waals surface area contributed by atoms with E-state index in [1.807, 2.05) is 0 Å². The maximum Gasteiger partial charge on any atom is 0.443 e. The fourth-order valence-electron chi connectivity index (χ4n) is 1.84. The lowest BCUT2D eigenvalue weighted by Gasteiger charge is -2.36. The average Bonchev–Trinajstić information content (AvgIpc) is 2.71. The molecule has 1 aromatic heterocycles. The summed E-state index contributed by atoms with van der Waals surface area (Å²) in [4.78, 5) is 3.60. The number of thiazole rings is 1. The normalized spacial score (nSPS) is 30.5. The van der Waals surface area contributed by atoms with Gasteiger partial charge in [-0.1, -0.05) is 6.92 Å². The van der Waals surface area contributed by atoms with E-state index >= 15 is 0 Å². The molecule has 0 bridgehead atoms. The van der Waals surface area contributed by atoms with Gasteiger partial charge in [0.05, 0.1) is 11.5 Å². The van der Waals surface area contributed by atoms with E-state index < -0.39 is 16.8 Å². The zero-order valence-corrected chi connectivity index (χ0v) is 9.94. The number of aromatic nitrogens is 1. The molecule has 2 atom stereocenters. The van der Waals surface area contributed by atoms with Gasteiger partial charge in [0, 0.05) is 25.1 Å². The lowest BCUT2D eigenvalue weighted by molar-refractivity contribution is -0.137. The summed E-state index contributed by atoms with van der Waals surface area (Å²) in [6.45, 7) is 2.45. The molecule has 1 aliphatic heterocycles. The van der Waals surface area contributed by atoms with Gasteiger partial charge in [0.25, 0.3) is 0 Å². The number of hydrogen-bond donors (Lipinski definition) is 1. The van der Waals surface area contributed by atoms with Crippen LogP contribution in [0.3, 0.4) is 0 Å². The van der Waals surface area contributed by atoms with Crippen molar-refractivity contribution in [3.8, 4) is 0 Å². The van der Waals surface area contributed by atoms with Crippen molar-refractivity contribution >= 4 is 11.3 Å². The van der Waals surface area contributed by atoms with Gasteiger partial charge in [0.2, 0.25) is 0 Å². The van der Waals surface area contributed by atoms with Crippen LogP contribution in [-0.2, 0) is 16.5 Å². The quantitative estimate of drug-likeness (QED) is 0.849. The molecule has 3 nitrogen and oxygen atoms in total. The molecule has 2 rings (SSSR count). The van der Waals surface area contributed by atoms with Crippen molar-refractivity contribution in [1.82, 2.24) is 4.98 Å². The van der Waals surface area contributed by atoms with Gasteiger partial charge in [-0.05, 0) is 0 Å². The third-order valence-corrected chi connectivity index (χ3v) is 4.19. The highest BCUT2D eigenvalue weighted by atomic mass is 32.1. The van der Waals surface area contributed by atoms with Crippen molar-refractivity contribution < 1.29 is 23.0 Å². The van der Waals surface area contributed by atoms with Crippen LogP contribution in [0.1, 0.15) is 23.2 Å². The van der Waals surface area contributed by atoms with Crippen LogP contribution in [0.25, 0.3) is 0 Å². The van der Waals surface area contributed by atoms with Crippen molar-refractivity contribution in [3.05, 3.63) is 16.1 Å². The molecule has 1 aromatic rings. The van der Waals surface area contributed by atoms with E-state index in [1.54, 1.807) is 6.92 Å². The van der Waals surface area contributed by atoms with E-state index in [1.165, 1.54) is 0 Å². The first-order chi connectivity index (χ1) is 7.84. The molecule has 0 aliphatic carbocycles. The average molecular weight is 267 g/mol. The van der Waals surface area contributed by atoms with Gasteiger partial charge in [-0.25, -0.2) is 4.98 Å². The Hall–Kier alpha value is -0.660. The smallest absolute Gasteiger partial charge is 0.384 e.